The van der Waals surface area contributed by atoms with Gasteiger partial charge in [0.2, 0.25) is 0 Å². The van der Waals surface area contributed by atoms with E-state index in [1.54, 1.807) is 24.3 Å². The van der Waals surface area contributed by atoms with E-state index in [1.165, 1.54) is 0 Å². The molecule has 0 aliphatic carbocycles. The molecule has 2 aliphatic heterocycles. The van der Waals surface area contributed by atoms with Gasteiger partial charge in [-0.2, -0.15) is 0 Å². The van der Waals surface area contributed by atoms with E-state index in [2.05, 4.69) is 33.0 Å². The summed E-state index contributed by atoms with van der Waals surface area (Å²) in [7, 11) is 0. The van der Waals surface area contributed by atoms with Crippen LogP contribution in [0.25, 0.3) is 0 Å². The number of ether oxygens (including phenoxy) is 1. The van der Waals surface area contributed by atoms with E-state index in [4.69, 9.17) is 4.74 Å². The van der Waals surface area contributed by atoms with Gasteiger partial charge >= 0.3 is 5.97 Å². The summed E-state index contributed by atoms with van der Waals surface area (Å²) < 4.78 is 5.59. The molecule has 134 valence electrons. The van der Waals surface area contributed by atoms with Gasteiger partial charge in [-0.25, -0.2) is 0 Å². The molecule has 6 nitrogen and oxygen atoms in total. The smallest absolute Gasteiger partial charge is 0.326 e. The van der Waals surface area contributed by atoms with E-state index in [1.807, 2.05) is 0 Å². The zero-order chi connectivity index (χ0) is 18.4. The summed E-state index contributed by atoms with van der Waals surface area (Å²) in [5, 5.41) is 3.52. The maximum Gasteiger partial charge on any atom is 0.326 e. The standard InChI is InChI=1S/C19H24N2O4/c1-18(2)9-12(10-19(3,4)20-18)25-15(22)11-21-16(23)13-7-5-6-8-14(13)17(21)24/h5-8,12,20H,9-11H2,1-4H3. The highest BCUT2D eigenvalue weighted by atomic mass is 16.5. The van der Waals surface area contributed by atoms with Crippen molar-refractivity contribution in [3.8, 4) is 0 Å². The molecule has 0 atom stereocenters. The van der Waals surface area contributed by atoms with Crippen LogP contribution in [0.1, 0.15) is 61.3 Å². The maximum atomic E-state index is 12.3. The van der Waals surface area contributed by atoms with Gasteiger partial charge < -0.3 is 10.1 Å². The minimum absolute atomic E-state index is 0.151. The van der Waals surface area contributed by atoms with Gasteiger partial charge in [0, 0.05) is 23.9 Å². The van der Waals surface area contributed by atoms with Crippen molar-refractivity contribution in [2.75, 3.05) is 6.54 Å². The van der Waals surface area contributed by atoms with Crippen molar-refractivity contribution in [3.63, 3.8) is 0 Å². The lowest BCUT2D eigenvalue weighted by molar-refractivity contribution is -0.153. The molecule has 2 heterocycles. The van der Waals surface area contributed by atoms with Crippen LogP contribution in [0, 0.1) is 0 Å². The number of imide groups is 1. The number of carbonyl (C=O) groups is 3. The van der Waals surface area contributed by atoms with Crippen LogP contribution >= 0.6 is 0 Å². The first kappa shape index (κ1) is 17.6. The Morgan fingerprint density at radius 1 is 1.08 bits per heavy atom. The third-order valence-electron chi connectivity index (χ3n) is 4.62. The second-order valence-corrected chi connectivity index (χ2v) is 8.15. The first-order chi connectivity index (χ1) is 11.6. The van der Waals surface area contributed by atoms with Crippen molar-refractivity contribution in [1.82, 2.24) is 10.2 Å². The quantitative estimate of drug-likeness (QED) is 0.671. The number of rotatable bonds is 3. The van der Waals surface area contributed by atoms with Crippen LogP contribution < -0.4 is 5.32 Å². The van der Waals surface area contributed by atoms with E-state index in [-0.39, 0.29) is 23.7 Å². The lowest BCUT2D eigenvalue weighted by Gasteiger charge is -2.45. The van der Waals surface area contributed by atoms with Crippen molar-refractivity contribution in [1.29, 1.82) is 0 Å². The molecule has 0 radical (unpaired) electrons. The molecule has 3 rings (SSSR count). The van der Waals surface area contributed by atoms with Crippen LogP contribution in [-0.4, -0.2) is 46.4 Å². The average Bonchev–Trinajstić information content (AvgIpc) is 2.69. The van der Waals surface area contributed by atoms with Crippen LogP contribution in [-0.2, 0) is 9.53 Å². The molecular weight excluding hydrogens is 320 g/mol. The van der Waals surface area contributed by atoms with E-state index in [0.29, 0.717) is 24.0 Å². The number of esters is 1. The van der Waals surface area contributed by atoms with Crippen molar-refractivity contribution in [3.05, 3.63) is 35.4 Å². The summed E-state index contributed by atoms with van der Waals surface area (Å²) in [6.07, 6.45) is 1.13. The predicted octanol–water partition coefficient (Wildman–Crippen LogP) is 2.14. The third-order valence-corrected chi connectivity index (χ3v) is 4.62. The van der Waals surface area contributed by atoms with Crippen LogP contribution in [0.4, 0.5) is 0 Å². The van der Waals surface area contributed by atoms with Crippen LogP contribution in [0.5, 0.6) is 0 Å². The zero-order valence-electron chi connectivity index (χ0n) is 15.1. The Morgan fingerprint density at radius 3 is 2.04 bits per heavy atom. The number of hydrogen-bond acceptors (Lipinski definition) is 5. The Balaban J connectivity index is 1.66. The molecule has 0 saturated carbocycles. The molecule has 1 saturated heterocycles. The number of nitrogens with one attached hydrogen (secondary N) is 1. The summed E-state index contributed by atoms with van der Waals surface area (Å²) in [5.74, 6) is -1.43. The van der Waals surface area contributed by atoms with Crippen molar-refractivity contribution in [2.45, 2.75) is 57.7 Å². The Bertz CT molecular complexity index is 688. The molecule has 2 amide bonds. The number of benzene rings is 1. The number of carbonyl (C=O) groups excluding carboxylic acids is 3. The van der Waals surface area contributed by atoms with E-state index in [9.17, 15) is 14.4 Å². The van der Waals surface area contributed by atoms with Gasteiger partial charge in [-0.3, -0.25) is 19.3 Å². The SMILES string of the molecule is CC1(C)CC(OC(=O)CN2C(=O)c3ccccc3C2=O)CC(C)(C)N1. The number of nitrogens with zero attached hydrogens (tertiary/aromatic N) is 1. The van der Waals surface area contributed by atoms with Crippen LogP contribution in [0.3, 0.4) is 0 Å². The topological polar surface area (TPSA) is 75.7 Å². The number of amides is 2. The monoisotopic (exact) mass is 344 g/mol. The molecule has 1 N–H and O–H groups in total. The Labute approximate surface area is 147 Å². The normalized spacial score (nSPS) is 22.0. The van der Waals surface area contributed by atoms with Crippen LogP contribution in [0.2, 0.25) is 0 Å². The lowest BCUT2D eigenvalue weighted by Crippen LogP contribution is -2.60. The van der Waals surface area contributed by atoms with Crippen molar-refractivity contribution in [2.24, 2.45) is 0 Å². The molecule has 0 aromatic heterocycles. The van der Waals surface area contributed by atoms with Gasteiger partial charge in [-0.05, 0) is 39.8 Å². The second kappa shape index (κ2) is 5.95. The number of fused-ring (bicyclic) bond motifs is 1. The fourth-order valence-corrected chi connectivity index (χ4v) is 4.05. The Morgan fingerprint density at radius 2 is 1.56 bits per heavy atom. The highest BCUT2D eigenvalue weighted by Crippen LogP contribution is 2.30. The van der Waals surface area contributed by atoms with Crippen molar-refractivity contribution >= 4 is 17.8 Å². The Kier molecular flexibility index (Phi) is 4.19. The summed E-state index contributed by atoms with van der Waals surface area (Å²) in [6, 6.07) is 6.59. The second-order valence-electron chi connectivity index (χ2n) is 8.15. The predicted molar refractivity (Wildman–Crippen MR) is 92.2 cm³/mol. The lowest BCUT2D eigenvalue weighted by atomic mass is 9.81. The molecule has 25 heavy (non-hydrogen) atoms. The minimum atomic E-state index is -0.548. The molecule has 1 fully saturated rings. The molecule has 0 bridgehead atoms. The van der Waals surface area contributed by atoms with E-state index in [0.717, 1.165) is 4.90 Å². The first-order valence-electron chi connectivity index (χ1n) is 8.52. The molecule has 1 aromatic carbocycles. The largest absolute Gasteiger partial charge is 0.461 e. The highest BCUT2D eigenvalue weighted by molar-refractivity contribution is 6.22. The van der Waals surface area contributed by atoms with E-state index >= 15 is 0 Å². The molecule has 0 unspecified atom stereocenters. The summed E-state index contributed by atoms with van der Waals surface area (Å²) in [6.45, 7) is 7.92. The zero-order valence-corrected chi connectivity index (χ0v) is 15.1. The molecule has 0 spiro atoms. The molecule has 6 heteroatoms. The summed E-state index contributed by atoms with van der Waals surface area (Å²) in [4.78, 5) is 38.0. The fourth-order valence-electron chi connectivity index (χ4n) is 4.05. The van der Waals surface area contributed by atoms with Gasteiger partial charge in [-0.1, -0.05) is 12.1 Å². The van der Waals surface area contributed by atoms with Gasteiger partial charge in [-0.15, -0.1) is 0 Å². The average molecular weight is 344 g/mol. The first-order valence-corrected chi connectivity index (χ1v) is 8.52. The highest BCUT2D eigenvalue weighted by Gasteiger charge is 2.41. The summed E-state index contributed by atoms with van der Waals surface area (Å²) >= 11 is 0. The summed E-state index contributed by atoms with van der Waals surface area (Å²) in [5.41, 5.74) is 0.374. The van der Waals surface area contributed by atoms with Crippen LogP contribution in [0.15, 0.2) is 24.3 Å². The number of piperidine rings is 1. The number of hydrogen-bond donors (Lipinski definition) is 1. The van der Waals surface area contributed by atoms with Gasteiger partial charge in [0.05, 0.1) is 11.1 Å². The molecule has 1 aromatic rings. The maximum absolute atomic E-state index is 12.3. The van der Waals surface area contributed by atoms with Gasteiger partial charge in [0.15, 0.2) is 0 Å². The molecule has 2 aliphatic rings. The Hall–Kier alpha value is -2.21. The van der Waals surface area contributed by atoms with Gasteiger partial charge in [0.25, 0.3) is 11.8 Å². The molecular formula is C19H24N2O4. The van der Waals surface area contributed by atoms with Gasteiger partial charge in [0.1, 0.15) is 12.6 Å². The van der Waals surface area contributed by atoms with E-state index < -0.39 is 17.8 Å². The fraction of sp³-hybridized carbons (Fsp3) is 0.526. The third kappa shape index (κ3) is 3.58. The minimum Gasteiger partial charge on any atom is -0.461 e. The van der Waals surface area contributed by atoms with Crippen molar-refractivity contribution < 1.29 is 19.1 Å².